The third-order valence-electron chi connectivity index (χ3n) is 3.38. The molecule has 0 aliphatic carbocycles. The molecule has 0 aliphatic heterocycles. The molecule has 0 saturated heterocycles. The fourth-order valence-corrected chi connectivity index (χ4v) is 2.83. The molecule has 21 heavy (non-hydrogen) atoms. The van der Waals surface area contributed by atoms with Crippen LogP contribution < -0.4 is 5.32 Å². The van der Waals surface area contributed by atoms with E-state index in [4.69, 9.17) is 4.42 Å². The number of benzene rings is 2. The number of furan rings is 1. The van der Waals surface area contributed by atoms with Crippen LogP contribution in [0.15, 0.2) is 77.2 Å². The molecule has 0 aliphatic rings. The summed E-state index contributed by atoms with van der Waals surface area (Å²) >= 11 is 2.19. The van der Waals surface area contributed by atoms with Crippen LogP contribution in [0.5, 0.6) is 0 Å². The predicted molar refractivity (Wildman–Crippen MR) is 93.0 cm³/mol. The molecule has 0 spiro atoms. The zero-order valence-electron chi connectivity index (χ0n) is 11.5. The second-order valence-electron chi connectivity index (χ2n) is 4.84. The van der Waals surface area contributed by atoms with Crippen LogP contribution in [0, 0.1) is 3.77 Å². The first-order valence-electron chi connectivity index (χ1n) is 6.90. The highest BCUT2D eigenvalue weighted by Gasteiger charge is 2.13. The molecule has 0 atom stereocenters. The molecule has 0 bridgehead atoms. The van der Waals surface area contributed by atoms with Crippen molar-refractivity contribution >= 4 is 22.6 Å². The molecular formula is C18H16INO. The van der Waals surface area contributed by atoms with Crippen molar-refractivity contribution in [3.8, 4) is 0 Å². The Morgan fingerprint density at radius 2 is 1.38 bits per heavy atom. The van der Waals surface area contributed by atoms with E-state index in [2.05, 4.69) is 76.4 Å². The third kappa shape index (κ3) is 3.74. The van der Waals surface area contributed by atoms with Gasteiger partial charge in [0, 0.05) is 0 Å². The minimum Gasteiger partial charge on any atom is -0.454 e. The largest absolute Gasteiger partial charge is 0.454 e. The maximum absolute atomic E-state index is 5.63. The third-order valence-corrected chi connectivity index (χ3v) is 3.95. The Balaban J connectivity index is 1.83. The number of hydrogen-bond acceptors (Lipinski definition) is 2. The Morgan fingerprint density at radius 3 is 1.86 bits per heavy atom. The molecule has 0 saturated carbocycles. The van der Waals surface area contributed by atoms with E-state index in [1.807, 2.05) is 24.3 Å². The van der Waals surface area contributed by atoms with E-state index in [1.165, 1.54) is 11.1 Å². The summed E-state index contributed by atoms with van der Waals surface area (Å²) in [4.78, 5) is 0. The molecule has 0 fully saturated rings. The van der Waals surface area contributed by atoms with Crippen molar-refractivity contribution in [1.29, 1.82) is 0 Å². The standard InChI is InChI=1S/C18H16INO/c19-17-12-11-16(21-17)13-20-18(14-7-3-1-4-8-14)15-9-5-2-6-10-15/h1-12,18,20H,13H2. The first kappa shape index (κ1) is 14.4. The van der Waals surface area contributed by atoms with Crippen LogP contribution in [0.1, 0.15) is 22.9 Å². The van der Waals surface area contributed by atoms with Crippen LogP contribution in [0.4, 0.5) is 0 Å². The van der Waals surface area contributed by atoms with Crippen molar-refractivity contribution in [3.63, 3.8) is 0 Å². The molecule has 3 rings (SSSR count). The van der Waals surface area contributed by atoms with Gasteiger partial charge in [-0.1, -0.05) is 60.7 Å². The van der Waals surface area contributed by atoms with Gasteiger partial charge < -0.3 is 4.42 Å². The molecule has 2 nitrogen and oxygen atoms in total. The van der Waals surface area contributed by atoms with Gasteiger partial charge in [0.2, 0.25) is 0 Å². The molecule has 0 amide bonds. The van der Waals surface area contributed by atoms with Crippen molar-refractivity contribution in [2.24, 2.45) is 0 Å². The van der Waals surface area contributed by atoms with Crippen LogP contribution >= 0.6 is 22.6 Å². The van der Waals surface area contributed by atoms with Crippen LogP contribution in [0.3, 0.4) is 0 Å². The lowest BCUT2D eigenvalue weighted by atomic mass is 9.99. The second-order valence-corrected chi connectivity index (χ2v) is 5.90. The van der Waals surface area contributed by atoms with Gasteiger partial charge in [0.25, 0.3) is 0 Å². The minimum absolute atomic E-state index is 0.162. The monoisotopic (exact) mass is 389 g/mol. The number of hydrogen-bond donors (Lipinski definition) is 1. The first-order valence-corrected chi connectivity index (χ1v) is 7.98. The maximum atomic E-state index is 5.63. The lowest BCUT2D eigenvalue weighted by Crippen LogP contribution is -2.21. The Labute approximate surface area is 138 Å². The number of rotatable bonds is 5. The lowest BCUT2D eigenvalue weighted by Gasteiger charge is -2.19. The molecule has 2 aromatic carbocycles. The number of nitrogens with one attached hydrogen (secondary N) is 1. The fourth-order valence-electron chi connectivity index (χ4n) is 2.37. The summed E-state index contributed by atoms with van der Waals surface area (Å²) in [6, 6.07) is 25.1. The lowest BCUT2D eigenvalue weighted by molar-refractivity contribution is 0.451. The highest BCUT2D eigenvalue weighted by molar-refractivity contribution is 14.1. The topological polar surface area (TPSA) is 25.2 Å². The summed E-state index contributed by atoms with van der Waals surface area (Å²) < 4.78 is 6.55. The van der Waals surface area contributed by atoms with E-state index in [-0.39, 0.29) is 6.04 Å². The van der Waals surface area contributed by atoms with E-state index in [9.17, 15) is 0 Å². The highest BCUT2D eigenvalue weighted by Crippen LogP contribution is 2.22. The van der Waals surface area contributed by atoms with E-state index < -0.39 is 0 Å². The van der Waals surface area contributed by atoms with Crippen molar-refractivity contribution in [1.82, 2.24) is 5.32 Å². The van der Waals surface area contributed by atoms with Crippen molar-refractivity contribution in [2.75, 3.05) is 0 Å². The van der Waals surface area contributed by atoms with Crippen LogP contribution in [-0.2, 0) is 6.54 Å². The molecule has 3 heteroatoms. The summed E-state index contributed by atoms with van der Waals surface area (Å²) in [5, 5.41) is 3.58. The smallest absolute Gasteiger partial charge is 0.164 e. The van der Waals surface area contributed by atoms with Crippen LogP contribution in [0.2, 0.25) is 0 Å². The van der Waals surface area contributed by atoms with Crippen LogP contribution in [0.25, 0.3) is 0 Å². The Kier molecular flexibility index (Phi) is 4.72. The zero-order chi connectivity index (χ0) is 14.5. The van der Waals surface area contributed by atoms with Crippen LogP contribution in [-0.4, -0.2) is 0 Å². The average molecular weight is 389 g/mol. The summed E-state index contributed by atoms with van der Waals surface area (Å²) in [6.07, 6.45) is 0. The van der Waals surface area contributed by atoms with Gasteiger partial charge in [0.1, 0.15) is 5.76 Å². The van der Waals surface area contributed by atoms with Gasteiger partial charge in [-0.05, 0) is 45.9 Å². The van der Waals surface area contributed by atoms with Gasteiger partial charge in [-0.2, -0.15) is 0 Å². The van der Waals surface area contributed by atoms with Gasteiger partial charge in [-0.25, -0.2) is 0 Å². The fraction of sp³-hybridized carbons (Fsp3) is 0.111. The van der Waals surface area contributed by atoms with E-state index >= 15 is 0 Å². The maximum Gasteiger partial charge on any atom is 0.164 e. The van der Waals surface area contributed by atoms with Gasteiger partial charge in [-0.15, -0.1) is 0 Å². The molecule has 1 aromatic heterocycles. The molecule has 0 unspecified atom stereocenters. The predicted octanol–water partition coefficient (Wildman–Crippen LogP) is 4.76. The van der Waals surface area contributed by atoms with Crippen molar-refractivity contribution in [2.45, 2.75) is 12.6 Å². The van der Waals surface area contributed by atoms with Gasteiger partial charge in [-0.3, -0.25) is 5.32 Å². The summed E-state index contributed by atoms with van der Waals surface area (Å²) in [7, 11) is 0. The quantitative estimate of drug-likeness (QED) is 0.637. The summed E-state index contributed by atoms with van der Waals surface area (Å²) in [6.45, 7) is 0.706. The first-order chi connectivity index (χ1) is 10.3. The molecule has 0 radical (unpaired) electrons. The molecule has 1 heterocycles. The van der Waals surface area contributed by atoms with E-state index in [1.54, 1.807) is 0 Å². The Morgan fingerprint density at radius 1 is 0.810 bits per heavy atom. The molecule has 106 valence electrons. The second kappa shape index (κ2) is 6.91. The van der Waals surface area contributed by atoms with E-state index in [0.29, 0.717) is 6.54 Å². The Bertz CT molecular complexity index is 639. The molecule has 3 aromatic rings. The minimum atomic E-state index is 0.162. The highest BCUT2D eigenvalue weighted by atomic mass is 127. The zero-order valence-corrected chi connectivity index (χ0v) is 13.7. The van der Waals surface area contributed by atoms with E-state index in [0.717, 1.165) is 9.53 Å². The van der Waals surface area contributed by atoms with Gasteiger partial charge >= 0.3 is 0 Å². The average Bonchev–Trinajstić information content (AvgIpc) is 2.95. The SMILES string of the molecule is Ic1ccc(CNC(c2ccccc2)c2ccccc2)o1. The molecular weight excluding hydrogens is 373 g/mol. The summed E-state index contributed by atoms with van der Waals surface area (Å²) in [5.74, 6) is 0.955. The van der Waals surface area contributed by atoms with Crippen molar-refractivity contribution in [3.05, 3.63) is 93.5 Å². The van der Waals surface area contributed by atoms with Crippen molar-refractivity contribution < 1.29 is 4.42 Å². The number of halogens is 1. The Hall–Kier alpha value is -1.59. The van der Waals surface area contributed by atoms with Gasteiger partial charge in [0.05, 0.1) is 12.6 Å². The molecule has 1 N–H and O–H groups in total. The van der Waals surface area contributed by atoms with Gasteiger partial charge in [0.15, 0.2) is 3.77 Å². The normalized spacial score (nSPS) is 11.0. The summed E-state index contributed by atoms with van der Waals surface area (Å²) in [5.41, 5.74) is 2.51.